The van der Waals surface area contributed by atoms with Crippen molar-refractivity contribution >= 4 is 23.1 Å². The summed E-state index contributed by atoms with van der Waals surface area (Å²) in [6, 6.07) is 22.8. The van der Waals surface area contributed by atoms with Gasteiger partial charge in [-0.15, -0.1) is 0 Å². The van der Waals surface area contributed by atoms with Crippen molar-refractivity contribution in [3.63, 3.8) is 0 Å². The lowest BCUT2D eigenvalue weighted by molar-refractivity contribution is -0.137. The smallest absolute Gasteiger partial charge is 0.278 e. The van der Waals surface area contributed by atoms with Crippen molar-refractivity contribution in [1.29, 1.82) is 0 Å². The van der Waals surface area contributed by atoms with E-state index in [1.54, 1.807) is 0 Å². The van der Waals surface area contributed by atoms with Gasteiger partial charge < -0.3 is 10.1 Å². The van der Waals surface area contributed by atoms with Gasteiger partial charge in [-0.1, -0.05) is 60.2 Å². The van der Waals surface area contributed by atoms with E-state index in [-0.39, 0.29) is 24.5 Å². The molecule has 0 aliphatic carbocycles. The van der Waals surface area contributed by atoms with Gasteiger partial charge in [0.2, 0.25) is 0 Å². The van der Waals surface area contributed by atoms with E-state index in [1.165, 1.54) is 4.90 Å². The summed E-state index contributed by atoms with van der Waals surface area (Å²) in [5.41, 5.74) is 5.17. The monoisotopic (exact) mass is 440 g/mol. The first-order chi connectivity index (χ1) is 15.8. The first-order valence-corrected chi connectivity index (χ1v) is 11.1. The standard InChI is InChI=1S/C28H28N2O3/c1-18(2)33-23-13-11-22(12-14-23)25-26(29-24-15-10-19(3)16-20(24)4)28(32)30(27(25)31)17-21-8-6-5-7-9-21/h5-16,18,29H,17H2,1-4H3. The Morgan fingerprint density at radius 1 is 0.879 bits per heavy atom. The van der Waals surface area contributed by atoms with Crippen molar-refractivity contribution in [3.8, 4) is 5.75 Å². The molecule has 0 unspecified atom stereocenters. The van der Waals surface area contributed by atoms with Gasteiger partial charge in [-0.25, -0.2) is 0 Å². The van der Waals surface area contributed by atoms with Crippen LogP contribution in [0.15, 0.2) is 78.5 Å². The van der Waals surface area contributed by atoms with Crippen LogP contribution in [0.5, 0.6) is 5.75 Å². The molecule has 2 amide bonds. The minimum absolute atomic E-state index is 0.0489. The summed E-state index contributed by atoms with van der Waals surface area (Å²) in [6.07, 6.45) is 0.0489. The predicted octanol–water partition coefficient (Wildman–Crippen LogP) is 5.48. The predicted molar refractivity (Wildman–Crippen MR) is 131 cm³/mol. The number of anilines is 1. The first kappa shape index (κ1) is 22.3. The van der Waals surface area contributed by atoms with Crippen LogP contribution in [-0.4, -0.2) is 22.8 Å². The summed E-state index contributed by atoms with van der Waals surface area (Å²) >= 11 is 0. The summed E-state index contributed by atoms with van der Waals surface area (Å²) in [5.74, 6) is 0.0751. The van der Waals surface area contributed by atoms with Crippen LogP contribution in [0.25, 0.3) is 5.57 Å². The van der Waals surface area contributed by atoms with Gasteiger partial charge in [-0.05, 0) is 62.6 Å². The molecule has 168 valence electrons. The topological polar surface area (TPSA) is 58.6 Å². The number of imide groups is 1. The number of rotatable bonds is 7. The number of carbonyl (C=O) groups excluding carboxylic acids is 2. The van der Waals surface area contributed by atoms with Crippen molar-refractivity contribution < 1.29 is 14.3 Å². The van der Waals surface area contributed by atoms with E-state index >= 15 is 0 Å². The molecule has 0 saturated heterocycles. The first-order valence-electron chi connectivity index (χ1n) is 11.1. The minimum Gasteiger partial charge on any atom is -0.491 e. The van der Waals surface area contributed by atoms with E-state index in [0.717, 1.165) is 28.1 Å². The number of nitrogens with zero attached hydrogens (tertiary/aromatic N) is 1. The van der Waals surface area contributed by atoms with Crippen molar-refractivity contribution in [3.05, 3.63) is 101 Å². The van der Waals surface area contributed by atoms with Crippen LogP contribution >= 0.6 is 0 Å². The van der Waals surface area contributed by atoms with Crippen LogP contribution in [0.3, 0.4) is 0 Å². The molecule has 3 aromatic rings. The Bertz CT molecular complexity index is 1210. The fourth-order valence-corrected chi connectivity index (χ4v) is 3.93. The van der Waals surface area contributed by atoms with Gasteiger partial charge in [0.1, 0.15) is 11.4 Å². The third-order valence-corrected chi connectivity index (χ3v) is 5.51. The maximum absolute atomic E-state index is 13.5. The number of ether oxygens (including phenoxy) is 1. The van der Waals surface area contributed by atoms with E-state index in [2.05, 4.69) is 5.32 Å². The third kappa shape index (κ3) is 4.82. The number of nitrogens with one attached hydrogen (secondary N) is 1. The zero-order valence-electron chi connectivity index (χ0n) is 19.4. The molecule has 0 aromatic heterocycles. The number of amides is 2. The van der Waals surface area contributed by atoms with Crippen LogP contribution in [0.2, 0.25) is 0 Å². The Morgan fingerprint density at radius 2 is 1.58 bits per heavy atom. The lowest BCUT2D eigenvalue weighted by Gasteiger charge is -2.16. The maximum atomic E-state index is 13.5. The fraction of sp³-hybridized carbons (Fsp3) is 0.214. The van der Waals surface area contributed by atoms with Crippen molar-refractivity contribution in [2.24, 2.45) is 0 Å². The summed E-state index contributed by atoms with van der Waals surface area (Å²) in [7, 11) is 0. The molecule has 33 heavy (non-hydrogen) atoms. The van der Waals surface area contributed by atoms with Crippen molar-refractivity contribution in [2.45, 2.75) is 40.3 Å². The number of hydrogen-bond acceptors (Lipinski definition) is 4. The second kappa shape index (κ2) is 9.33. The highest BCUT2D eigenvalue weighted by atomic mass is 16.5. The molecule has 3 aromatic carbocycles. The molecule has 5 heteroatoms. The van der Waals surface area contributed by atoms with Gasteiger partial charge in [0.25, 0.3) is 11.8 Å². The zero-order valence-corrected chi connectivity index (χ0v) is 19.4. The Balaban J connectivity index is 1.73. The molecule has 0 spiro atoms. The van der Waals surface area contributed by atoms with E-state index in [9.17, 15) is 9.59 Å². The lowest BCUT2D eigenvalue weighted by Crippen LogP contribution is -2.32. The summed E-state index contributed by atoms with van der Waals surface area (Å²) < 4.78 is 5.74. The molecule has 0 fully saturated rings. The van der Waals surface area contributed by atoms with Gasteiger partial charge in [0, 0.05) is 5.69 Å². The van der Waals surface area contributed by atoms with Crippen molar-refractivity contribution in [1.82, 2.24) is 4.90 Å². The van der Waals surface area contributed by atoms with Gasteiger partial charge in [0.05, 0.1) is 18.2 Å². The van der Waals surface area contributed by atoms with E-state index in [4.69, 9.17) is 4.74 Å². The number of hydrogen-bond donors (Lipinski definition) is 1. The molecule has 0 radical (unpaired) electrons. The SMILES string of the molecule is Cc1ccc(NC2=C(c3ccc(OC(C)C)cc3)C(=O)N(Cc3ccccc3)C2=O)c(C)c1. The number of aryl methyl sites for hydroxylation is 2. The highest BCUT2D eigenvalue weighted by Crippen LogP contribution is 2.33. The fourth-order valence-electron chi connectivity index (χ4n) is 3.93. The molecule has 1 aliphatic heterocycles. The summed E-state index contributed by atoms with van der Waals surface area (Å²) in [6.45, 7) is 8.14. The van der Waals surface area contributed by atoms with E-state index in [1.807, 2.05) is 100 Å². The number of benzene rings is 3. The van der Waals surface area contributed by atoms with Crippen LogP contribution in [0.1, 0.15) is 36.1 Å². The zero-order chi connectivity index (χ0) is 23.5. The van der Waals surface area contributed by atoms with Gasteiger partial charge >= 0.3 is 0 Å². The highest BCUT2D eigenvalue weighted by molar-refractivity contribution is 6.36. The third-order valence-electron chi connectivity index (χ3n) is 5.51. The van der Waals surface area contributed by atoms with Crippen LogP contribution in [0.4, 0.5) is 5.69 Å². The minimum atomic E-state index is -0.332. The molecule has 0 bridgehead atoms. The number of carbonyl (C=O) groups is 2. The van der Waals surface area contributed by atoms with Gasteiger partial charge in [-0.2, -0.15) is 0 Å². The second-order valence-electron chi connectivity index (χ2n) is 8.57. The van der Waals surface area contributed by atoms with Crippen LogP contribution in [-0.2, 0) is 16.1 Å². The normalized spacial score (nSPS) is 13.8. The quantitative estimate of drug-likeness (QED) is 0.494. The molecule has 0 atom stereocenters. The highest BCUT2D eigenvalue weighted by Gasteiger charge is 2.39. The Labute approximate surface area is 194 Å². The molecule has 0 saturated carbocycles. The van der Waals surface area contributed by atoms with Crippen LogP contribution < -0.4 is 10.1 Å². The molecule has 1 heterocycles. The summed E-state index contributed by atoms with van der Waals surface area (Å²) in [5, 5.41) is 3.26. The molecule has 4 rings (SSSR count). The van der Waals surface area contributed by atoms with E-state index < -0.39 is 0 Å². The lowest BCUT2D eigenvalue weighted by atomic mass is 10.0. The largest absolute Gasteiger partial charge is 0.491 e. The Kier molecular flexibility index (Phi) is 6.31. The Hall–Kier alpha value is -3.86. The molecular weight excluding hydrogens is 412 g/mol. The van der Waals surface area contributed by atoms with Gasteiger partial charge in [0.15, 0.2) is 0 Å². The molecular formula is C28H28N2O3. The second-order valence-corrected chi connectivity index (χ2v) is 8.57. The molecule has 1 N–H and O–H groups in total. The average Bonchev–Trinajstić information content (AvgIpc) is 3.01. The van der Waals surface area contributed by atoms with E-state index in [0.29, 0.717) is 16.8 Å². The average molecular weight is 441 g/mol. The molecule has 1 aliphatic rings. The maximum Gasteiger partial charge on any atom is 0.278 e. The summed E-state index contributed by atoms with van der Waals surface area (Å²) in [4.78, 5) is 28.3. The Morgan fingerprint density at radius 3 is 2.21 bits per heavy atom. The van der Waals surface area contributed by atoms with Crippen molar-refractivity contribution in [2.75, 3.05) is 5.32 Å². The van der Waals surface area contributed by atoms with Crippen LogP contribution in [0, 0.1) is 13.8 Å². The molecule has 5 nitrogen and oxygen atoms in total. The van der Waals surface area contributed by atoms with Gasteiger partial charge in [-0.3, -0.25) is 14.5 Å².